The molecule has 88 valence electrons. The van der Waals surface area contributed by atoms with Crippen molar-refractivity contribution in [3.05, 3.63) is 40.3 Å². The summed E-state index contributed by atoms with van der Waals surface area (Å²) in [7, 11) is 1.68. The highest BCUT2D eigenvalue weighted by molar-refractivity contribution is 7.71. The van der Waals surface area contributed by atoms with Gasteiger partial charge in [-0.15, -0.1) is 0 Å². The van der Waals surface area contributed by atoms with E-state index in [1.165, 1.54) is 5.56 Å². The summed E-state index contributed by atoms with van der Waals surface area (Å²) in [5.74, 6) is 0.902. The van der Waals surface area contributed by atoms with Crippen LogP contribution in [0, 0.1) is 18.6 Å². The Kier molecular flexibility index (Phi) is 3.24. The van der Waals surface area contributed by atoms with Crippen molar-refractivity contribution >= 4 is 12.2 Å². The van der Waals surface area contributed by atoms with Gasteiger partial charge in [-0.2, -0.15) is 0 Å². The minimum Gasteiger partial charge on any atom is -0.496 e. The van der Waals surface area contributed by atoms with Gasteiger partial charge < -0.3 is 9.72 Å². The monoisotopic (exact) mass is 246 g/mol. The second-order valence-corrected chi connectivity index (χ2v) is 4.24. The summed E-state index contributed by atoms with van der Waals surface area (Å²) >= 11 is 5.03. The molecular weight excluding hydrogens is 232 g/mol. The van der Waals surface area contributed by atoms with Gasteiger partial charge in [-0.3, -0.25) is 0 Å². The van der Waals surface area contributed by atoms with E-state index < -0.39 is 0 Å². The van der Waals surface area contributed by atoms with Gasteiger partial charge in [0.05, 0.1) is 7.11 Å². The fourth-order valence-corrected chi connectivity index (χ4v) is 2.01. The third kappa shape index (κ3) is 2.22. The van der Waals surface area contributed by atoms with Gasteiger partial charge in [0.2, 0.25) is 0 Å². The predicted octanol–water partition coefficient (Wildman–Crippen LogP) is 3.43. The number of hydrogen-bond acceptors (Lipinski definition) is 3. The van der Waals surface area contributed by atoms with Crippen LogP contribution in [0.1, 0.15) is 11.1 Å². The molecule has 2 aromatic rings. The molecule has 0 unspecified atom stereocenters. The maximum Gasteiger partial charge on any atom is 0.197 e. The Morgan fingerprint density at radius 3 is 2.59 bits per heavy atom. The van der Waals surface area contributed by atoms with Crippen molar-refractivity contribution in [3.63, 3.8) is 0 Å². The quantitative estimate of drug-likeness (QED) is 0.825. The first-order valence-corrected chi connectivity index (χ1v) is 5.74. The molecule has 0 aliphatic rings. The van der Waals surface area contributed by atoms with Crippen LogP contribution in [0.5, 0.6) is 5.75 Å². The highest BCUT2D eigenvalue weighted by Gasteiger charge is 2.08. The van der Waals surface area contributed by atoms with E-state index in [0.29, 0.717) is 4.77 Å². The molecule has 0 spiro atoms. The lowest BCUT2D eigenvalue weighted by Gasteiger charge is -2.12. The van der Waals surface area contributed by atoms with E-state index >= 15 is 0 Å². The zero-order chi connectivity index (χ0) is 12.4. The van der Waals surface area contributed by atoms with E-state index in [9.17, 15) is 0 Å². The van der Waals surface area contributed by atoms with Crippen LogP contribution in [0.25, 0.3) is 11.3 Å². The Labute approximate surface area is 105 Å². The van der Waals surface area contributed by atoms with Gasteiger partial charge in [0, 0.05) is 17.5 Å². The van der Waals surface area contributed by atoms with Crippen LogP contribution >= 0.6 is 12.2 Å². The highest BCUT2D eigenvalue weighted by atomic mass is 32.1. The largest absolute Gasteiger partial charge is 0.496 e. The first-order chi connectivity index (χ1) is 8.13. The number of methoxy groups -OCH3 is 1. The molecule has 1 aromatic heterocycles. The molecule has 0 saturated heterocycles. The number of benzene rings is 1. The average molecular weight is 246 g/mol. The number of ether oxygens (including phenoxy) is 1. The van der Waals surface area contributed by atoms with Gasteiger partial charge in [-0.1, -0.05) is 0 Å². The zero-order valence-corrected chi connectivity index (χ0v) is 10.9. The normalized spacial score (nSPS) is 10.3. The van der Waals surface area contributed by atoms with Crippen molar-refractivity contribution in [1.29, 1.82) is 0 Å². The SMILES string of the molecule is COc1ccc(-c2ccnc(=S)[nH]2)c(C)c1C. The summed E-state index contributed by atoms with van der Waals surface area (Å²) in [6.45, 7) is 4.12. The summed E-state index contributed by atoms with van der Waals surface area (Å²) < 4.78 is 5.79. The molecule has 1 aromatic carbocycles. The van der Waals surface area contributed by atoms with Crippen LogP contribution in [-0.2, 0) is 0 Å². The van der Waals surface area contributed by atoms with Crippen molar-refractivity contribution in [2.45, 2.75) is 13.8 Å². The first-order valence-electron chi connectivity index (χ1n) is 5.33. The fraction of sp³-hybridized carbons (Fsp3) is 0.231. The minimum atomic E-state index is 0.496. The smallest absolute Gasteiger partial charge is 0.197 e. The standard InChI is InChI=1S/C13H14N2OS/c1-8-9(2)12(16-3)5-4-10(8)11-6-7-14-13(17)15-11/h4-7H,1-3H3,(H,14,15,17). The summed E-state index contributed by atoms with van der Waals surface area (Å²) in [4.78, 5) is 7.08. The fourth-order valence-electron chi connectivity index (χ4n) is 1.83. The van der Waals surface area contributed by atoms with Crippen LogP contribution in [0.2, 0.25) is 0 Å². The van der Waals surface area contributed by atoms with E-state index in [1.54, 1.807) is 13.3 Å². The van der Waals surface area contributed by atoms with Gasteiger partial charge in [-0.05, 0) is 55.4 Å². The molecule has 0 radical (unpaired) electrons. The van der Waals surface area contributed by atoms with Crippen LogP contribution < -0.4 is 4.74 Å². The molecule has 1 N–H and O–H groups in total. The molecule has 0 fully saturated rings. The van der Waals surface area contributed by atoms with Crippen LogP contribution in [0.3, 0.4) is 0 Å². The van der Waals surface area contributed by atoms with E-state index in [2.05, 4.69) is 16.9 Å². The third-order valence-corrected chi connectivity index (χ3v) is 3.13. The lowest BCUT2D eigenvalue weighted by atomic mass is 10.00. The van der Waals surface area contributed by atoms with E-state index in [1.807, 2.05) is 25.1 Å². The maximum atomic E-state index is 5.30. The number of hydrogen-bond donors (Lipinski definition) is 1. The molecular formula is C13H14N2OS. The molecule has 0 aliphatic carbocycles. The number of nitrogens with zero attached hydrogens (tertiary/aromatic N) is 1. The molecule has 4 heteroatoms. The number of rotatable bonds is 2. The molecule has 1 heterocycles. The Morgan fingerprint density at radius 1 is 1.18 bits per heavy atom. The molecule has 2 rings (SSSR count). The molecule has 0 atom stereocenters. The topological polar surface area (TPSA) is 37.9 Å². The molecule has 0 aliphatic heterocycles. The predicted molar refractivity (Wildman–Crippen MR) is 70.9 cm³/mol. The summed E-state index contributed by atoms with van der Waals surface area (Å²) in [6, 6.07) is 5.92. The maximum absolute atomic E-state index is 5.30. The molecule has 0 amide bonds. The first kappa shape index (κ1) is 11.8. The van der Waals surface area contributed by atoms with Crippen molar-refractivity contribution in [2.24, 2.45) is 0 Å². The van der Waals surface area contributed by atoms with Crippen molar-refractivity contribution in [2.75, 3.05) is 7.11 Å². The van der Waals surface area contributed by atoms with Gasteiger partial charge in [0.25, 0.3) is 0 Å². The van der Waals surface area contributed by atoms with Crippen LogP contribution in [0.4, 0.5) is 0 Å². The Bertz CT molecular complexity index is 605. The van der Waals surface area contributed by atoms with E-state index in [4.69, 9.17) is 17.0 Å². The molecule has 0 bridgehead atoms. The number of aromatic nitrogens is 2. The minimum absolute atomic E-state index is 0.496. The third-order valence-electron chi connectivity index (χ3n) is 2.92. The van der Waals surface area contributed by atoms with Crippen molar-refractivity contribution in [3.8, 4) is 17.0 Å². The molecule has 3 nitrogen and oxygen atoms in total. The van der Waals surface area contributed by atoms with Crippen molar-refractivity contribution < 1.29 is 4.74 Å². The van der Waals surface area contributed by atoms with E-state index in [-0.39, 0.29) is 0 Å². The summed E-state index contributed by atoms with van der Waals surface area (Å²) in [5.41, 5.74) is 4.42. The summed E-state index contributed by atoms with van der Waals surface area (Å²) in [5, 5.41) is 0. The van der Waals surface area contributed by atoms with Gasteiger partial charge in [0.15, 0.2) is 4.77 Å². The number of aromatic amines is 1. The second kappa shape index (κ2) is 4.67. The van der Waals surface area contributed by atoms with Gasteiger partial charge in [0.1, 0.15) is 5.75 Å². The lowest BCUT2D eigenvalue weighted by Crippen LogP contribution is -1.94. The number of H-pyrrole nitrogens is 1. The van der Waals surface area contributed by atoms with Crippen LogP contribution in [-0.4, -0.2) is 17.1 Å². The second-order valence-electron chi connectivity index (χ2n) is 3.85. The Morgan fingerprint density at radius 2 is 1.94 bits per heavy atom. The van der Waals surface area contributed by atoms with Gasteiger partial charge >= 0.3 is 0 Å². The lowest BCUT2D eigenvalue weighted by molar-refractivity contribution is 0.411. The Balaban J connectivity index is 2.61. The number of nitrogens with one attached hydrogen (secondary N) is 1. The summed E-state index contributed by atoms with van der Waals surface area (Å²) in [6.07, 6.45) is 1.72. The van der Waals surface area contributed by atoms with Crippen LogP contribution in [0.15, 0.2) is 24.4 Å². The van der Waals surface area contributed by atoms with E-state index in [0.717, 1.165) is 22.6 Å². The highest BCUT2D eigenvalue weighted by Crippen LogP contribution is 2.29. The van der Waals surface area contributed by atoms with Crippen molar-refractivity contribution in [1.82, 2.24) is 9.97 Å². The zero-order valence-electron chi connectivity index (χ0n) is 10.1. The van der Waals surface area contributed by atoms with Gasteiger partial charge in [-0.25, -0.2) is 4.98 Å². The Hall–Kier alpha value is -1.68. The average Bonchev–Trinajstić information content (AvgIpc) is 2.32. The molecule has 0 saturated carbocycles. The molecule has 17 heavy (non-hydrogen) atoms.